The highest BCUT2D eigenvalue weighted by atomic mass is 19.1. The molecule has 0 amide bonds. The zero-order valence-corrected chi connectivity index (χ0v) is 21.8. The molecule has 0 spiro atoms. The highest BCUT2D eigenvalue weighted by Gasteiger charge is 2.40. The van der Waals surface area contributed by atoms with E-state index in [4.69, 9.17) is 10.6 Å². The fraction of sp³-hybridized carbons (Fsp3) is 0.407. The third-order valence-corrected chi connectivity index (χ3v) is 6.59. The molecule has 0 unspecified atom stereocenters. The van der Waals surface area contributed by atoms with Crippen LogP contribution in [0.5, 0.6) is 0 Å². The van der Waals surface area contributed by atoms with Gasteiger partial charge in [-0.1, -0.05) is 13.2 Å². The molecule has 3 heterocycles. The third-order valence-electron chi connectivity index (χ3n) is 6.59. The van der Waals surface area contributed by atoms with E-state index in [9.17, 15) is 4.39 Å². The molecule has 2 aromatic rings. The van der Waals surface area contributed by atoms with Crippen molar-refractivity contribution in [3.05, 3.63) is 78.3 Å². The number of hydrogen-bond acceptors (Lipinski definition) is 9. The van der Waals surface area contributed by atoms with Gasteiger partial charge in [-0.2, -0.15) is 0 Å². The zero-order valence-electron chi connectivity index (χ0n) is 21.8. The monoisotopic (exact) mass is 506 g/mol. The van der Waals surface area contributed by atoms with Gasteiger partial charge in [0.1, 0.15) is 23.6 Å². The predicted octanol–water partition coefficient (Wildman–Crippen LogP) is 3.90. The lowest BCUT2D eigenvalue weighted by Gasteiger charge is -2.36. The summed E-state index contributed by atoms with van der Waals surface area (Å²) in [7, 11) is 0. The molecule has 2 aromatic heterocycles. The van der Waals surface area contributed by atoms with Crippen LogP contribution >= 0.6 is 0 Å². The number of halogens is 1. The Morgan fingerprint density at radius 1 is 1.19 bits per heavy atom. The lowest BCUT2D eigenvalue weighted by Crippen LogP contribution is -2.47. The Kier molecular flexibility index (Phi) is 7.87. The van der Waals surface area contributed by atoms with Gasteiger partial charge >= 0.3 is 0 Å². The van der Waals surface area contributed by atoms with Crippen LogP contribution in [0.4, 0.5) is 16.0 Å². The molecule has 37 heavy (non-hydrogen) atoms. The number of aromatic nitrogens is 4. The quantitative estimate of drug-likeness (QED) is 0.215. The highest BCUT2D eigenvalue weighted by molar-refractivity contribution is 5.65. The summed E-state index contributed by atoms with van der Waals surface area (Å²) in [6.07, 6.45) is 8.07. The fourth-order valence-corrected chi connectivity index (χ4v) is 4.10. The largest absolute Gasteiger partial charge is 0.485 e. The summed E-state index contributed by atoms with van der Waals surface area (Å²) in [5, 5.41) is 0. The maximum absolute atomic E-state index is 14.9. The van der Waals surface area contributed by atoms with Crippen molar-refractivity contribution in [1.82, 2.24) is 25.4 Å². The summed E-state index contributed by atoms with van der Waals surface area (Å²) in [4.78, 5) is 22.4. The van der Waals surface area contributed by atoms with Crippen LogP contribution in [-0.4, -0.2) is 51.7 Å². The first-order valence-corrected chi connectivity index (χ1v) is 12.4. The van der Waals surface area contributed by atoms with Crippen molar-refractivity contribution in [2.75, 3.05) is 36.0 Å². The number of nitrogens with one attached hydrogen (secondary N) is 1. The van der Waals surface area contributed by atoms with Crippen molar-refractivity contribution in [3.8, 4) is 0 Å². The molecule has 0 bridgehead atoms. The van der Waals surface area contributed by atoms with Gasteiger partial charge in [-0.15, -0.1) is 0 Å². The number of ether oxygens (including phenoxy) is 1. The first-order chi connectivity index (χ1) is 17.7. The Bertz CT molecular complexity index is 1230. The molecule has 0 atom stereocenters. The van der Waals surface area contributed by atoms with E-state index < -0.39 is 5.83 Å². The Hall–Kier alpha value is -3.79. The molecule has 0 aromatic carbocycles. The maximum Gasteiger partial charge on any atom is 0.166 e. The second kappa shape index (κ2) is 11.1. The first kappa shape index (κ1) is 26.3. The molecule has 1 aliphatic carbocycles. The molecular formula is C27H35FN8O. The van der Waals surface area contributed by atoms with Crippen molar-refractivity contribution < 1.29 is 9.13 Å². The van der Waals surface area contributed by atoms with Gasteiger partial charge in [-0.25, -0.2) is 19.3 Å². The average molecular weight is 507 g/mol. The van der Waals surface area contributed by atoms with E-state index in [0.717, 1.165) is 62.0 Å². The number of hydrogen-bond donors (Lipinski definition) is 2. The van der Waals surface area contributed by atoms with Gasteiger partial charge in [0.2, 0.25) is 0 Å². The van der Waals surface area contributed by atoms with Crippen LogP contribution < -0.4 is 21.1 Å². The average Bonchev–Trinajstić information content (AvgIpc) is 3.65. The van der Waals surface area contributed by atoms with Gasteiger partial charge < -0.3 is 20.0 Å². The first-order valence-electron chi connectivity index (χ1n) is 12.4. The van der Waals surface area contributed by atoms with Crippen LogP contribution in [-0.2, 0) is 4.74 Å². The van der Waals surface area contributed by atoms with E-state index in [1.807, 2.05) is 26.8 Å². The molecule has 2 fully saturated rings. The number of hydrazine groups is 1. The molecule has 4 rings (SSSR count). The molecule has 1 saturated heterocycles. The van der Waals surface area contributed by atoms with Gasteiger partial charge in [0, 0.05) is 50.6 Å². The van der Waals surface area contributed by atoms with Crippen LogP contribution in [0.25, 0.3) is 5.57 Å². The lowest BCUT2D eigenvalue weighted by molar-refractivity contribution is 0.114. The Morgan fingerprint density at radius 2 is 1.89 bits per heavy atom. The molecule has 0 radical (unpaired) electrons. The van der Waals surface area contributed by atoms with Gasteiger partial charge in [0.25, 0.3) is 0 Å². The Morgan fingerprint density at radius 3 is 2.54 bits per heavy atom. The number of nitrogens with two attached hydrogens (primary N) is 1. The number of rotatable bonds is 10. The minimum Gasteiger partial charge on any atom is -0.485 e. The number of anilines is 2. The van der Waals surface area contributed by atoms with Crippen LogP contribution in [0.15, 0.2) is 61.2 Å². The van der Waals surface area contributed by atoms with Crippen molar-refractivity contribution in [3.63, 3.8) is 0 Å². The lowest BCUT2D eigenvalue weighted by atomic mass is 10.1. The summed E-state index contributed by atoms with van der Waals surface area (Å²) in [5.41, 5.74) is 5.87. The van der Waals surface area contributed by atoms with Crippen molar-refractivity contribution in [2.24, 2.45) is 5.84 Å². The van der Waals surface area contributed by atoms with Crippen LogP contribution in [0.3, 0.4) is 0 Å². The third kappa shape index (κ3) is 6.51. The molecule has 9 nitrogen and oxygen atoms in total. The topological polar surface area (TPSA) is 105 Å². The van der Waals surface area contributed by atoms with E-state index in [-0.39, 0.29) is 17.8 Å². The number of allylic oxidation sites excluding steroid dienone is 4. The minimum absolute atomic E-state index is 0.105. The van der Waals surface area contributed by atoms with E-state index in [2.05, 4.69) is 48.3 Å². The van der Waals surface area contributed by atoms with Crippen molar-refractivity contribution in [1.29, 1.82) is 0 Å². The van der Waals surface area contributed by atoms with Crippen LogP contribution in [0.2, 0.25) is 0 Å². The zero-order chi connectivity index (χ0) is 26.6. The molecule has 10 heteroatoms. The standard InChI is InChI=1S/C27H35FN8O/c1-6-24(37-27(5)7-8-27)22(28)14-21(34-29)13-18(2)23-15-25(32-17-31-23)35-9-11-36(12-10-35)26-20(4)30-16-19(3)33-26/h6,14-17,34H,1-2,7-13,29H2,3-5H3/b21-14+,24-22-. The molecule has 3 N–H and O–H groups in total. The molecular weight excluding hydrogens is 471 g/mol. The Labute approximate surface area is 217 Å². The van der Waals surface area contributed by atoms with E-state index in [1.165, 1.54) is 18.5 Å². The molecule has 2 aliphatic rings. The SMILES string of the molecule is C=C/C(OC1(C)CC1)=C(F)\C=C(/CC(=C)c1cc(N2CCN(c3nc(C)cnc3C)CC2)ncn1)NN. The summed E-state index contributed by atoms with van der Waals surface area (Å²) < 4.78 is 20.6. The van der Waals surface area contributed by atoms with E-state index in [0.29, 0.717) is 17.0 Å². The highest BCUT2D eigenvalue weighted by Crippen LogP contribution is 2.41. The van der Waals surface area contributed by atoms with Gasteiger partial charge in [0.15, 0.2) is 11.6 Å². The molecule has 196 valence electrons. The summed E-state index contributed by atoms with van der Waals surface area (Å²) >= 11 is 0. The summed E-state index contributed by atoms with van der Waals surface area (Å²) in [5.74, 6) is 7.00. The van der Waals surface area contributed by atoms with Crippen molar-refractivity contribution >= 4 is 17.2 Å². The van der Waals surface area contributed by atoms with Gasteiger partial charge in [0.05, 0.1) is 17.1 Å². The summed E-state index contributed by atoms with van der Waals surface area (Å²) in [6, 6.07) is 1.91. The van der Waals surface area contributed by atoms with E-state index in [1.54, 1.807) is 6.20 Å². The number of aryl methyl sites for hydroxylation is 2. The van der Waals surface area contributed by atoms with E-state index >= 15 is 0 Å². The molecule has 1 aliphatic heterocycles. The summed E-state index contributed by atoms with van der Waals surface area (Å²) in [6.45, 7) is 16.9. The predicted molar refractivity (Wildman–Crippen MR) is 144 cm³/mol. The number of nitrogens with zero attached hydrogens (tertiary/aromatic N) is 6. The second-order valence-electron chi connectivity index (χ2n) is 9.72. The smallest absolute Gasteiger partial charge is 0.166 e. The second-order valence-corrected chi connectivity index (χ2v) is 9.72. The number of piperazine rings is 1. The normalized spacial score (nSPS) is 17.7. The molecule has 1 saturated carbocycles. The Balaban J connectivity index is 1.41. The van der Waals surface area contributed by atoms with Crippen LogP contribution in [0, 0.1) is 13.8 Å². The minimum atomic E-state index is -0.543. The van der Waals surface area contributed by atoms with Gasteiger partial charge in [-0.05, 0) is 51.3 Å². The van der Waals surface area contributed by atoms with Gasteiger partial charge in [-0.3, -0.25) is 10.8 Å². The van der Waals surface area contributed by atoms with Crippen LogP contribution in [0.1, 0.15) is 43.3 Å². The van der Waals surface area contributed by atoms with Crippen molar-refractivity contribution in [2.45, 2.75) is 45.6 Å². The maximum atomic E-state index is 14.9. The fourth-order valence-electron chi connectivity index (χ4n) is 4.10.